The van der Waals surface area contributed by atoms with Gasteiger partial charge in [-0.15, -0.1) is 0 Å². The Balaban J connectivity index is 1.43. The van der Waals surface area contributed by atoms with Gasteiger partial charge in [0.15, 0.2) is 11.9 Å². The summed E-state index contributed by atoms with van der Waals surface area (Å²) < 4.78 is 25.0. The molecule has 1 unspecified atom stereocenters. The summed E-state index contributed by atoms with van der Waals surface area (Å²) in [6.45, 7) is 6.95. The van der Waals surface area contributed by atoms with Crippen LogP contribution in [0.1, 0.15) is 219 Å². The molecule has 3 rings (SSSR count). The first-order valence-corrected chi connectivity index (χ1v) is 26.6. The fraction of sp³-hybridized carbons (Fsp3) is 0.765. The number of benzene rings is 1. The number of hydrogen-bond donors (Lipinski definition) is 2. The van der Waals surface area contributed by atoms with Crippen molar-refractivity contribution in [3.8, 4) is 0 Å². The van der Waals surface area contributed by atoms with Crippen molar-refractivity contribution in [3.63, 3.8) is 0 Å². The van der Waals surface area contributed by atoms with Gasteiger partial charge in [-0.05, 0) is 25.3 Å². The van der Waals surface area contributed by atoms with Crippen molar-refractivity contribution in [2.24, 2.45) is 0 Å². The molecule has 63 heavy (non-hydrogen) atoms. The first-order valence-electron chi connectivity index (χ1n) is 25.5. The molecule has 0 saturated carbocycles. The lowest BCUT2D eigenvalue weighted by Crippen LogP contribution is -2.29. The van der Waals surface area contributed by atoms with Gasteiger partial charge >= 0.3 is 20.5 Å². The van der Waals surface area contributed by atoms with Crippen LogP contribution >= 0.6 is 8.60 Å². The number of imidazole rings is 1. The van der Waals surface area contributed by atoms with Crippen LogP contribution in [-0.4, -0.2) is 57.3 Å². The Morgan fingerprint density at radius 3 is 1.67 bits per heavy atom. The van der Waals surface area contributed by atoms with E-state index in [-0.39, 0.29) is 31.8 Å². The zero-order valence-corrected chi connectivity index (χ0v) is 40.8. The van der Waals surface area contributed by atoms with Crippen LogP contribution in [0.5, 0.6) is 0 Å². The summed E-state index contributed by atoms with van der Waals surface area (Å²) in [5.41, 5.74) is 8.71. The Labute approximate surface area is 382 Å². The van der Waals surface area contributed by atoms with E-state index in [0.29, 0.717) is 30.7 Å². The SMILES string of the molecule is CCCCCCCCCCCCCCCC(=O)OC[C@H](COP(O)OCCn1c(CCCC)nc2c(N)nc3ccccc3c21)OC(=O)CCCCCCCCCCCCCCC. The van der Waals surface area contributed by atoms with Crippen LogP contribution in [-0.2, 0) is 41.1 Å². The summed E-state index contributed by atoms with van der Waals surface area (Å²) in [6.07, 6.45) is 34.6. The standard InChI is InChI=1S/C51H87N4O7P/c1-4-7-10-12-14-16-18-20-22-24-26-28-30-37-47(56)59-41-43(62-48(57)38-31-29-27-25-23-21-19-17-15-13-11-8-5-2)42-61-63(58)60-40-39-55-46(36-9-6-3)54-49-50(55)44-34-32-33-35-45(44)53-51(49)52/h32-35,43,58H,4-31,36-42H2,1-3H3,(H2,52,53)/t43-,63?/m1/s1. The molecule has 11 nitrogen and oxygen atoms in total. The van der Waals surface area contributed by atoms with E-state index in [4.69, 9.17) is 29.2 Å². The second kappa shape index (κ2) is 35.4. The Kier molecular flexibility index (Phi) is 30.6. The van der Waals surface area contributed by atoms with Gasteiger partial charge in [-0.25, -0.2) is 9.97 Å². The van der Waals surface area contributed by atoms with E-state index in [1.807, 2.05) is 24.3 Å². The van der Waals surface area contributed by atoms with Crippen molar-refractivity contribution in [1.82, 2.24) is 14.5 Å². The van der Waals surface area contributed by atoms with E-state index in [0.717, 1.165) is 80.0 Å². The van der Waals surface area contributed by atoms with Gasteiger partial charge in [0, 0.05) is 31.2 Å². The number of aromatic nitrogens is 3. The van der Waals surface area contributed by atoms with Crippen LogP contribution in [0.3, 0.4) is 0 Å². The average Bonchev–Trinajstić information content (AvgIpc) is 3.65. The number of hydrogen-bond acceptors (Lipinski definition) is 10. The summed E-state index contributed by atoms with van der Waals surface area (Å²) >= 11 is 0. The van der Waals surface area contributed by atoms with Crippen molar-refractivity contribution in [2.45, 2.75) is 232 Å². The van der Waals surface area contributed by atoms with Gasteiger partial charge in [-0.2, -0.15) is 0 Å². The number of ether oxygens (including phenoxy) is 2. The molecule has 3 aromatic rings. The van der Waals surface area contributed by atoms with Gasteiger partial charge in [0.25, 0.3) is 0 Å². The van der Waals surface area contributed by atoms with Gasteiger partial charge in [0.1, 0.15) is 17.9 Å². The second-order valence-electron chi connectivity index (χ2n) is 17.6. The molecular formula is C51H87N4O7P. The summed E-state index contributed by atoms with van der Waals surface area (Å²) in [5.74, 6) is 0.607. The monoisotopic (exact) mass is 899 g/mol. The molecule has 0 fully saturated rings. The molecule has 0 saturated heterocycles. The lowest BCUT2D eigenvalue weighted by atomic mass is 10.0. The predicted octanol–water partition coefficient (Wildman–Crippen LogP) is 14.2. The zero-order chi connectivity index (χ0) is 45.2. The van der Waals surface area contributed by atoms with Gasteiger partial charge in [-0.1, -0.05) is 199 Å². The average molecular weight is 899 g/mol. The number of carbonyl (C=O) groups is 2. The minimum atomic E-state index is -2.31. The maximum atomic E-state index is 13.0. The van der Waals surface area contributed by atoms with Crippen molar-refractivity contribution in [3.05, 3.63) is 30.1 Å². The highest BCUT2D eigenvalue weighted by Gasteiger charge is 2.22. The number of esters is 2. The first kappa shape index (κ1) is 54.5. The number of pyridine rings is 1. The molecule has 0 radical (unpaired) electrons. The Morgan fingerprint density at radius 1 is 0.635 bits per heavy atom. The molecular weight excluding hydrogens is 812 g/mol. The van der Waals surface area contributed by atoms with Crippen molar-refractivity contribution in [1.29, 1.82) is 0 Å². The summed E-state index contributed by atoms with van der Waals surface area (Å²) in [5, 5.41) is 0.951. The van der Waals surface area contributed by atoms with E-state index in [9.17, 15) is 14.5 Å². The van der Waals surface area contributed by atoms with Crippen molar-refractivity contribution in [2.75, 3.05) is 25.6 Å². The maximum absolute atomic E-state index is 13.0. The number of nitrogen functional groups attached to an aromatic ring is 1. The Morgan fingerprint density at radius 2 is 1.13 bits per heavy atom. The van der Waals surface area contributed by atoms with Gasteiger partial charge in [0.05, 0.1) is 24.2 Å². The number of nitrogens with zero attached hydrogens (tertiary/aromatic N) is 3. The fourth-order valence-electron chi connectivity index (χ4n) is 8.26. The molecule has 2 aromatic heterocycles. The van der Waals surface area contributed by atoms with Crippen LogP contribution in [0.15, 0.2) is 24.3 Å². The molecule has 0 aliphatic carbocycles. The number of rotatable bonds is 41. The largest absolute Gasteiger partial charge is 0.462 e. The zero-order valence-electron chi connectivity index (χ0n) is 39.9. The number of para-hydroxylation sites is 1. The third-order valence-corrected chi connectivity index (χ3v) is 12.8. The normalized spacial score (nSPS) is 12.6. The number of fused-ring (bicyclic) bond motifs is 3. The smallest absolute Gasteiger partial charge is 0.330 e. The molecule has 0 aliphatic heterocycles. The van der Waals surface area contributed by atoms with Crippen LogP contribution in [0.4, 0.5) is 5.82 Å². The molecule has 358 valence electrons. The lowest BCUT2D eigenvalue weighted by Gasteiger charge is -2.20. The topological polar surface area (TPSA) is 148 Å². The summed E-state index contributed by atoms with van der Waals surface area (Å²) in [4.78, 5) is 46.0. The van der Waals surface area contributed by atoms with Gasteiger partial charge in [-0.3, -0.25) is 9.59 Å². The van der Waals surface area contributed by atoms with E-state index in [2.05, 4.69) is 30.3 Å². The molecule has 2 heterocycles. The molecule has 2 atom stereocenters. The molecule has 0 amide bonds. The van der Waals surface area contributed by atoms with E-state index < -0.39 is 14.7 Å². The van der Waals surface area contributed by atoms with Crippen LogP contribution < -0.4 is 5.73 Å². The van der Waals surface area contributed by atoms with E-state index in [1.165, 1.54) is 128 Å². The number of anilines is 1. The van der Waals surface area contributed by atoms with E-state index in [1.54, 1.807) is 0 Å². The summed E-state index contributed by atoms with van der Waals surface area (Å²) in [6, 6.07) is 7.86. The Hall–Kier alpha value is -2.85. The van der Waals surface area contributed by atoms with Gasteiger partial charge < -0.3 is 33.7 Å². The van der Waals surface area contributed by atoms with Crippen LogP contribution in [0, 0.1) is 0 Å². The quantitative estimate of drug-likeness (QED) is 0.0320. The van der Waals surface area contributed by atoms with Crippen molar-refractivity contribution >= 4 is 48.3 Å². The maximum Gasteiger partial charge on any atom is 0.330 e. The highest BCUT2D eigenvalue weighted by molar-refractivity contribution is 7.40. The predicted molar refractivity (Wildman–Crippen MR) is 261 cm³/mol. The third kappa shape index (κ3) is 23.8. The minimum Gasteiger partial charge on any atom is -0.462 e. The molecule has 12 heteroatoms. The molecule has 0 aliphatic rings. The van der Waals surface area contributed by atoms with Gasteiger partial charge in [0.2, 0.25) is 0 Å². The molecule has 0 spiro atoms. The van der Waals surface area contributed by atoms with Crippen LogP contribution in [0.25, 0.3) is 21.9 Å². The highest BCUT2D eigenvalue weighted by atomic mass is 31.2. The molecule has 0 bridgehead atoms. The highest BCUT2D eigenvalue weighted by Crippen LogP contribution is 2.34. The molecule has 3 N–H and O–H groups in total. The lowest BCUT2D eigenvalue weighted by molar-refractivity contribution is -0.161. The number of carbonyl (C=O) groups excluding carboxylic acids is 2. The van der Waals surface area contributed by atoms with Crippen LogP contribution in [0.2, 0.25) is 0 Å². The number of unbranched alkanes of at least 4 members (excludes halogenated alkanes) is 25. The summed E-state index contributed by atoms with van der Waals surface area (Å²) in [7, 11) is -2.31. The third-order valence-electron chi connectivity index (χ3n) is 12.0. The first-order chi connectivity index (χ1) is 30.9. The van der Waals surface area contributed by atoms with E-state index >= 15 is 0 Å². The number of aryl methyl sites for hydroxylation is 1. The second-order valence-corrected chi connectivity index (χ2v) is 18.6. The minimum absolute atomic E-state index is 0.130. The van der Waals surface area contributed by atoms with Crippen molar-refractivity contribution < 1.29 is 33.0 Å². The Bertz CT molecular complexity index is 1640. The number of nitrogens with two attached hydrogens (primary N) is 1. The fourth-order valence-corrected chi connectivity index (χ4v) is 8.87. The molecule has 1 aromatic carbocycles.